The molecule has 7 heteroatoms. The Morgan fingerprint density at radius 1 is 1.22 bits per heavy atom. The Morgan fingerprint density at radius 3 is 2.52 bits per heavy atom. The van der Waals surface area contributed by atoms with Crippen LogP contribution in [0.1, 0.15) is 25.0 Å². The van der Waals surface area contributed by atoms with Gasteiger partial charge in [-0.05, 0) is 49.7 Å². The number of ether oxygens (including phenoxy) is 2. The quantitative estimate of drug-likeness (QED) is 0.397. The zero-order valence-electron chi connectivity index (χ0n) is 15.8. The summed E-state index contributed by atoms with van der Waals surface area (Å²) >= 11 is 7.32. The zero-order valence-corrected chi connectivity index (χ0v) is 17.4. The Balaban J connectivity index is 2.03. The zero-order chi connectivity index (χ0) is 19.8. The number of nitrogens with zero attached hydrogens (tertiary/aromatic N) is 1. The van der Waals surface area contributed by atoms with Gasteiger partial charge in [-0.3, -0.25) is 4.79 Å². The molecule has 0 radical (unpaired) electrons. The van der Waals surface area contributed by atoms with Gasteiger partial charge < -0.3 is 9.47 Å². The van der Waals surface area contributed by atoms with Crippen molar-refractivity contribution in [1.29, 1.82) is 0 Å². The second-order valence-electron chi connectivity index (χ2n) is 5.67. The first-order valence-corrected chi connectivity index (χ1v) is 9.74. The van der Waals surface area contributed by atoms with Crippen LogP contribution in [0.4, 0.5) is 0 Å². The van der Waals surface area contributed by atoms with Crippen molar-refractivity contribution < 1.29 is 14.3 Å². The molecule has 0 spiro atoms. The molecule has 0 saturated heterocycles. The molecule has 0 unspecified atom stereocenters. The number of rotatable bonds is 8. The van der Waals surface area contributed by atoms with E-state index in [0.717, 1.165) is 28.2 Å². The molecule has 27 heavy (non-hydrogen) atoms. The van der Waals surface area contributed by atoms with Gasteiger partial charge in [-0.15, -0.1) is 11.8 Å². The van der Waals surface area contributed by atoms with Crippen molar-refractivity contribution in [2.24, 2.45) is 5.10 Å². The minimum atomic E-state index is -0.299. The normalized spacial score (nSPS) is 12.0. The highest BCUT2D eigenvalue weighted by atomic mass is 35.5. The SMILES string of the molecule is CCc1c(OC)ccc(/C=N\NC(=O)[C@@H](C)Sc2ccc(Cl)cc2)c1OC. The van der Waals surface area contributed by atoms with Crippen LogP contribution < -0.4 is 14.9 Å². The third kappa shape index (κ3) is 5.65. The number of hydrogen-bond donors (Lipinski definition) is 1. The fourth-order valence-corrected chi connectivity index (χ4v) is 3.51. The number of benzene rings is 2. The summed E-state index contributed by atoms with van der Waals surface area (Å²) in [6, 6.07) is 11.1. The van der Waals surface area contributed by atoms with Crippen LogP contribution in [-0.4, -0.2) is 31.6 Å². The number of carbonyl (C=O) groups excluding carboxylic acids is 1. The summed E-state index contributed by atoms with van der Waals surface area (Å²) in [6.07, 6.45) is 2.34. The third-order valence-electron chi connectivity index (χ3n) is 3.90. The number of hydrogen-bond acceptors (Lipinski definition) is 5. The average Bonchev–Trinajstić information content (AvgIpc) is 2.68. The van der Waals surface area contributed by atoms with Gasteiger partial charge in [-0.2, -0.15) is 5.10 Å². The Bertz CT molecular complexity index is 810. The fourth-order valence-electron chi connectivity index (χ4n) is 2.52. The molecule has 2 aromatic carbocycles. The van der Waals surface area contributed by atoms with E-state index in [4.69, 9.17) is 21.1 Å². The summed E-state index contributed by atoms with van der Waals surface area (Å²) in [5.41, 5.74) is 4.31. The third-order valence-corrected chi connectivity index (χ3v) is 5.26. The predicted octanol–water partition coefficient (Wildman–Crippen LogP) is 4.55. The molecule has 0 aliphatic rings. The second-order valence-corrected chi connectivity index (χ2v) is 7.52. The highest BCUT2D eigenvalue weighted by molar-refractivity contribution is 8.00. The van der Waals surface area contributed by atoms with E-state index in [1.807, 2.05) is 38.1 Å². The number of halogens is 1. The van der Waals surface area contributed by atoms with E-state index < -0.39 is 0 Å². The van der Waals surface area contributed by atoms with Crippen molar-refractivity contribution in [2.75, 3.05) is 14.2 Å². The highest BCUT2D eigenvalue weighted by Crippen LogP contribution is 2.31. The Labute approximate surface area is 169 Å². The van der Waals surface area contributed by atoms with Gasteiger partial charge in [0.15, 0.2) is 0 Å². The number of thioether (sulfide) groups is 1. The molecule has 0 aliphatic carbocycles. The summed E-state index contributed by atoms with van der Waals surface area (Å²) in [5, 5.41) is 4.45. The smallest absolute Gasteiger partial charge is 0.253 e. The maximum Gasteiger partial charge on any atom is 0.253 e. The Hall–Kier alpha value is -2.18. The molecule has 0 bridgehead atoms. The fraction of sp³-hybridized carbons (Fsp3) is 0.300. The van der Waals surface area contributed by atoms with Crippen LogP contribution in [-0.2, 0) is 11.2 Å². The summed E-state index contributed by atoms with van der Waals surface area (Å²) in [7, 11) is 3.23. The lowest BCUT2D eigenvalue weighted by molar-refractivity contribution is -0.120. The summed E-state index contributed by atoms with van der Waals surface area (Å²) in [4.78, 5) is 13.2. The summed E-state index contributed by atoms with van der Waals surface area (Å²) in [6.45, 7) is 3.85. The van der Waals surface area contributed by atoms with Crippen LogP contribution >= 0.6 is 23.4 Å². The van der Waals surface area contributed by atoms with Gasteiger partial charge in [0.05, 0.1) is 25.7 Å². The van der Waals surface area contributed by atoms with Gasteiger partial charge in [-0.1, -0.05) is 18.5 Å². The molecule has 2 aromatic rings. The molecule has 1 atom stereocenters. The molecule has 0 fully saturated rings. The maximum absolute atomic E-state index is 12.3. The molecule has 1 N–H and O–H groups in total. The van der Waals surface area contributed by atoms with Crippen LogP contribution in [0.15, 0.2) is 46.4 Å². The van der Waals surface area contributed by atoms with Crippen molar-refractivity contribution in [2.45, 2.75) is 30.4 Å². The number of nitrogens with one attached hydrogen (secondary N) is 1. The number of methoxy groups -OCH3 is 2. The van der Waals surface area contributed by atoms with E-state index in [1.54, 1.807) is 32.6 Å². The topological polar surface area (TPSA) is 59.9 Å². The first-order valence-electron chi connectivity index (χ1n) is 8.49. The molecular formula is C20H23ClN2O3S. The lowest BCUT2D eigenvalue weighted by Crippen LogP contribution is -2.26. The van der Waals surface area contributed by atoms with Gasteiger partial charge in [0, 0.05) is 21.0 Å². The predicted molar refractivity (Wildman–Crippen MR) is 111 cm³/mol. The van der Waals surface area contributed by atoms with Crippen molar-refractivity contribution in [3.8, 4) is 11.5 Å². The van der Waals surface area contributed by atoms with Gasteiger partial charge in [0.25, 0.3) is 5.91 Å². The first kappa shape index (κ1) is 21.1. The van der Waals surface area contributed by atoms with Gasteiger partial charge >= 0.3 is 0 Å². The molecule has 0 heterocycles. The summed E-state index contributed by atoms with van der Waals surface area (Å²) in [5.74, 6) is 1.27. The second kappa shape index (κ2) is 10.2. The number of amides is 1. The molecule has 2 rings (SSSR count). The largest absolute Gasteiger partial charge is 0.496 e. The molecule has 1 amide bonds. The molecule has 5 nitrogen and oxygen atoms in total. The maximum atomic E-state index is 12.3. The van der Waals surface area contributed by atoms with Gasteiger partial charge in [0.1, 0.15) is 11.5 Å². The minimum Gasteiger partial charge on any atom is -0.496 e. The molecular weight excluding hydrogens is 384 g/mol. The van der Waals surface area contributed by atoms with E-state index in [9.17, 15) is 4.79 Å². The first-order chi connectivity index (χ1) is 13.0. The van der Waals surface area contributed by atoms with Crippen molar-refractivity contribution in [1.82, 2.24) is 5.43 Å². The van der Waals surface area contributed by atoms with Crippen LogP contribution in [0.3, 0.4) is 0 Å². The van der Waals surface area contributed by atoms with E-state index >= 15 is 0 Å². The highest BCUT2D eigenvalue weighted by Gasteiger charge is 2.15. The van der Waals surface area contributed by atoms with Crippen LogP contribution in [0.2, 0.25) is 5.02 Å². The van der Waals surface area contributed by atoms with Crippen molar-refractivity contribution >= 4 is 35.5 Å². The van der Waals surface area contributed by atoms with Crippen molar-refractivity contribution in [3.63, 3.8) is 0 Å². The van der Waals surface area contributed by atoms with E-state index in [1.165, 1.54) is 11.8 Å². The van der Waals surface area contributed by atoms with Gasteiger partial charge in [-0.25, -0.2) is 5.43 Å². The lowest BCUT2D eigenvalue weighted by Gasteiger charge is -2.14. The number of carbonyl (C=O) groups is 1. The van der Waals surface area contributed by atoms with Crippen LogP contribution in [0.5, 0.6) is 11.5 Å². The van der Waals surface area contributed by atoms with Gasteiger partial charge in [0.2, 0.25) is 0 Å². The molecule has 0 aromatic heterocycles. The van der Waals surface area contributed by atoms with E-state index in [-0.39, 0.29) is 11.2 Å². The van der Waals surface area contributed by atoms with E-state index in [0.29, 0.717) is 10.8 Å². The van der Waals surface area contributed by atoms with Crippen LogP contribution in [0.25, 0.3) is 0 Å². The monoisotopic (exact) mass is 406 g/mol. The molecule has 0 aliphatic heterocycles. The lowest BCUT2D eigenvalue weighted by atomic mass is 10.1. The molecule has 0 saturated carbocycles. The standard InChI is InChI=1S/C20H23ClN2O3S/c1-5-17-18(25-3)11-6-14(19(17)26-4)12-22-23-20(24)13(2)27-16-9-7-15(21)8-10-16/h6-13H,5H2,1-4H3,(H,23,24)/b22-12-/t13-/m1/s1. The summed E-state index contributed by atoms with van der Waals surface area (Å²) < 4.78 is 10.9. The van der Waals surface area contributed by atoms with Crippen molar-refractivity contribution in [3.05, 3.63) is 52.5 Å². The average molecular weight is 407 g/mol. The number of hydrazone groups is 1. The minimum absolute atomic E-state index is 0.186. The Kier molecular flexibility index (Phi) is 8.00. The van der Waals surface area contributed by atoms with Crippen LogP contribution in [0, 0.1) is 0 Å². The Morgan fingerprint density at radius 2 is 1.93 bits per heavy atom. The van der Waals surface area contributed by atoms with E-state index in [2.05, 4.69) is 10.5 Å². The molecule has 144 valence electrons.